The maximum atomic E-state index is 9.65. The minimum atomic E-state index is -0.180. The highest BCUT2D eigenvalue weighted by molar-refractivity contribution is 5.32. The lowest BCUT2D eigenvalue weighted by Crippen LogP contribution is -2.23. The second-order valence-electron chi connectivity index (χ2n) is 2.69. The topological polar surface area (TPSA) is 38.7 Å². The average Bonchev–Trinajstić information content (AvgIpc) is 1.89. The van der Waals surface area contributed by atoms with Gasteiger partial charge in [0.25, 0.3) is 0 Å². The third-order valence-corrected chi connectivity index (χ3v) is 1.44. The third-order valence-electron chi connectivity index (χ3n) is 1.44. The Kier molecular flexibility index (Phi) is 3.93. The van der Waals surface area contributed by atoms with Gasteiger partial charge in [-0.15, -0.1) is 0 Å². The number of hydrogen-bond acceptors (Lipinski definition) is 3. The summed E-state index contributed by atoms with van der Waals surface area (Å²) in [6, 6.07) is 0. The zero-order valence-corrected chi connectivity index (χ0v) is 6.68. The minimum absolute atomic E-state index is 0.180. The van der Waals surface area contributed by atoms with E-state index in [0.29, 0.717) is 6.54 Å². The third kappa shape index (κ3) is 4.24. The molecule has 0 fully saturated rings. The zero-order chi connectivity index (χ0) is 8.04. The van der Waals surface area contributed by atoms with Gasteiger partial charge in [-0.25, -0.2) is 9.79 Å². The van der Waals surface area contributed by atoms with Crippen LogP contribution in [0, 0.1) is 0 Å². The molecule has 0 bridgehead atoms. The van der Waals surface area contributed by atoms with Crippen LogP contribution < -0.4 is 0 Å². The molecule has 0 aromatic heterocycles. The Morgan fingerprint density at radius 3 is 2.60 bits per heavy atom. The van der Waals surface area contributed by atoms with Crippen molar-refractivity contribution in [1.82, 2.24) is 0 Å². The van der Waals surface area contributed by atoms with E-state index >= 15 is 0 Å². The summed E-state index contributed by atoms with van der Waals surface area (Å²) in [7, 11) is 1.64. The maximum absolute atomic E-state index is 9.65. The molecule has 0 heterocycles. The molecule has 0 aliphatic carbocycles. The predicted octanol–water partition coefficient (Wildman–Crippen LogP) is 1.14. The lowest BCUT2D eigenvalue weighted by molar-refractivity contribution is 0.0177. The molecule has 0 aromatic carbocycles. The summed E-state index contributed by atoms with van der Waals surface area (Å²) in [6.07, 6.45) is 2.23. The Bertz CT molecular complexity index is 137. The van der Waals surface area contributed by atoms with Crippen LogP contribution in [0.15, 0.2) is 4.99 Å². The van der Waals surface area contributed by atoms with Crippen LogP contribution in [0.25, 0.3) is 0 Å². The van der Waals surface area contributed by atoms with Crippen LogP contribution in [0.3, 0.4) is 0 Å². The monoisotopic (exact) mass is 143 g/mol. The molecule has 0 saturated heterocycles. The van der Waals surface area contributed by atoms with Gasteiger partial charge in [-0.3, -0.25) is 0 Å². The lowest BCUT2D eigenvalue weighted by atomic mass is 10.1. The van der Waals surface area contributed by atoms with E-state index in [2.05, 4.69) is 4.99 Å². The number of ether oxygens (including phenoxy) is 1. The van der Waals surface area contributed by atoms with E-state index in [1.54, 1.807) is 7.11 Å². The van der Waals surface area contributed by atoms with Gasteiger partial charge in [0.2, 0.25) is 6.08 Å². The molecule has 0 spiro atoms. The zero-order valence-electron chi connectivity index (χ0n) is 6.68. The van der Waals surface area contributed by atoms with Crippen LogP contribution in [0.2, 0.25) is 0 Å². The van der Waals surface area contributed by atoms with Crippen molar-refractivity contribution in [3.05, 3.63) is 0 Å². The van der Waals surface area contributed by atoms with Crippen LogP contribution in [-0.2, 0) is 9.53 Å². The molecule has 0 unspecified atom stereocenters. The summed E-state index contributed by atoms with van der Waals surface area (Å²) in [5, 5.41) is 0. The molecular weight excluding hydrogens is 130 g/mol. The Labute approximate surface area is 61.1 Å². The van der Waals surface area contributed by atoms with E-state index in [9.17, 15) is 4.79 Å². The Morgan fingerprint density at radius 1 is 1.60 bits per heavy atom. The number of aliphatic imine (C=N–C) groups is 1. The van der Waals surface area contributed by atoms with Gasteiger partial charge in [-0.1, -0.05) is 0 Å². The summed E-state index contributed by atoms with van der Waals surface area (Å²) in [5.41, 5.74) is -0.180. The van der Waals surface area contributed by atoms with Crippen molar-refractivity contribution in [2.75, 3.05) is 13.7 Å². The molecule has 10 heavy (non-hydrogen) atoms. The molecule has 3 heteroatoms. The van der Waals surface area contributed by atoms with Crippen molar-refractivity contribution in [2.45, 2.75) is 25.9 Å². The van der Waals surface area contributed by atoms with E-state index in [1.807, 2.05) is 13.8 Å². The summed E-state index contributed by atoms with van der Waals surface area (Å²) in [4.78, 5) is 13.1. The van der Waals surface area contributed by atoms with Crippen LogP contribution >= 0.6 is 0 Å². The highest BCUT2D eigenvalue weighted by Gasteiger charge is 2.14. The molecule has 0 aromatic rings. The van der Waals surface area contributed by atoms with E-state index in [0.717, 1.165) is 6.42 Å². The number of hydrogen-bond donors (Lipinski definition) is 0. The molecule has 0 atom stereocenters. The second-order valence-corrected chi connectivity index (χ2v) is 2.69. The maximum Gasteiger partial charge on any atom is 0.234 e. The first kappa shape index (κ1) is 9.34. The Balaban J connectivity index is 3.56. The molecule has 3 nitrogen and oxygen atoms in total. The van der Waals surface area contributed by atoms with E-state index in [4.69, 9.17) is 4.74 Å². The van der Waals surface area contributed by atoms with Crippen molar-refractivity contribution in [2.24, 2.45) is 4.99 Å². The first-order valence-corrected chi connectivity index (χ1v) is 3.21. The fourth-order valence-electron chi connectivity index (χ4n) is 0.473. The van der Waals surface area contributed by atoms with Crippen molar-refractivity contribution in [3.63, 3.8) is 0 Å². The number of isocyanates is 1. The van der Waals surface area contributed by atoms with Gasteiger partial charge in [0.05, 0.1) is 12.1 Å². The second kappa shape index (κ2) is 4.20. The molecule has 0 N–H and O–H groups in total. The van der Waals surface area contributed by atoms with Gasteiger partial charge in [-0.05, 0) is 20.3 Å². The van der Waals surface area contributed by atoms with Crippen LogP contribution in [0.4, 0.5) is 0 Å². The normalized spacial score (nSPS) is 10.7. The quantitative estimate of drug-likeness (QED) is 0.437. The van der Waals surface area contributed by atoms with Crippen molar-refractivity contribution < 1.29 is 9.53 Å². The molecule has 0 amide bonds. The standard InChI is InChI=1S/C7H13NO2/c1-7(2,10-3)4-5-8-6-9/h4-5H2,1-3H3. The highest BCUT2D eigenvalue weighted by Crippen LogP contribution is 2.11. The number of methoxy groups -OCH3 is 1. The van der Waals surface area contributed by atoms with Gasteiger partial charge in [0, 0.05) is 7.11 Å². The van der Waals surface area contributed by atoms with Crippen LogP contribution in [-0.4, -0.2) is 25.3 Å². The van der Waals surface area contributed by atoms with E-state index < -0.39 is 0 Å². The number of nitrogens with zero attached hydrogens (tertiary/aromatic N) is 1. The Morgan fingerprint density at radius 2 is 2.20 bits per heavy atom. The lowest BCUT2D eigenvalue weighted by Gasteiger charge is -2.20. The predicted molar refractivity (Wildman–Crippen MR) is 38.7 cm³/mol. The summed E-state index contributed by atoms with van der Waals surface area (Å²) in [5.74, 6) is 0. The molecule has 0 aliphatic rings. The fraction of sp³-hybridized carbons (Fsp3) is 0.857. The van der Waals surface area contributed by atoms with Gasteiger partial charge >= 0.3 is 0 Å². The SMILES string of the molecule is COC(C)(C)CCN=C=O. The van der Waals surface area contributed by atoms with Gasteiger partial charge in [-0.2, -0.15) is 0 Å². The molecule has 58 valence electrons. The summed E-state index contributed by atoms with van der Waals surface area (Å²) >= 11 is 0. The molecule has 0 saturated carbocycles. The van der Waals surface area contributed by atoms with E-state index in [1.165, 1.54) is 6.08 Å². The van der Waals surface area contributed by atoms with E-state index in [-0.39, 0.29) is 5.60 Å². The number of carbonyl (C=O) groups excluding carboxylic acids is 1. The molecule has 0 radical (unpaired) electrons. The first-order valence-electron chi connectivity index (χ1n) is 3.21. The molecular formula is C7H13NO2. The van der Waals surface area contributed by atoms with Crippen molar-refractivity contribution >= 4 is 6.08 Å². The minimum Gasteiger partial charge on any atom is -0.379 e. The van der Waals surface area contributed by atoms with Crippen molar-refractivity contribution in [1.29, 1.82) is 0 Å². The largest absolute Gasteiger partial charge is 0.379 e. The van der Waals surface area contributed by atoms with Gasteiger partial charge < -0.3 is 4.74 Å². The number of rotatable bonds is 4. The average molecular weight is 143 g/mol. The van der Waals surface area contributed by atoms with Crippen LogP contribution in [0.5, 0.6) is 0 Å². The van der Waals surface area contributed by atoms with Crippen molar-refractivity contribution in [3.8, 4) is 0 Å². The highest BCUT2D eigenvalue weighted by atomic mass is 16.5. The first-order chi connectivity index (χ1) is 4.62. The van der Waals surface area contributed by atoms with Gasteiger partial charge in [0.1, 0.15) is 0 Å². The van der Waals surface area contributed by atoms with Crippen LogP contribution in [0.1, 0.15) is 20.3 Å². The summed E-state index contributed by atoms with van der Waals surface area (Å²) < 4.78 is 5.09. The summed E-state index contributed by atoms with van der Waals surface area (Å²) in [6.45, 7) is 4.39. The molecule has 0 rings (SSSR count). The Hall–Kier alpha value is -0.660. The molecule has 0 aliphatic heterocycles. The smallest absolute Gasteiger partial charge is 0.234 e. The van der Waals surface area contributed by atoms with Gasteiger partial charge in [0.15, 0.2) is 0 Å². The fourth-order valence-corrected chi connectivity index (χ4v) is 0.473.